The number of amides is 1. The van der Waals surface area contributed by atoms with Gasteiger partial charge >= 0.3 is 0 Å². The minimum absolute atomic E-state index is 0.130. The minimum atomic E-state index is -3.76. The molecule has 0 unspecified atom stereocenters. The summed E-state index contributed by atoms with van der Waals surface area (Å²) in [6, 6.07) is 17.4. The van der Waals surface area contributed by atoms with E-state index in [0.717, 1.165) is 11.1 Å². The molecule has 0 aliphatic carbocycles. The van der Waals surface area contributed by atoms with Crippen LogP contribution < -0.4 is 0 Å². The Labute approximate surface area is 196 Å². The number of piperazine rings is 1. The van der Waals surface area contributed by atoms with Crippen molar-refractivity contribution in [3.05, 3.63) is 78.3 Å². The third-order valence-electron chi connectivity index (χ3n) is 5.71. The van der Waals surface area contributed by atoms with Crippen LogP contribution in [0, 0.1) is 6.92 Å². The number of furan rings is 1. The lowest BCUT2D eigenvalue weighted by atomic mass is 10.1. The molecule has 10 heteroatoms. The molecule has 9 nitrogen and oxygen atoms in total. The van der Waals surface area contributed by atoms with Crippen LogP contribution in [0.5, 0.6) is 0 Å². The summed E-state index contributed by atoms with van der Waals surface area (Å²) < 4.78 is 38.5. The van der Waals surface area contributed by atoms with Crippen LogP contribution in [-0.2, 0) is 10.0 Å². The van der Waals surface area contributed by atoms with Crippen molar-refractivity contribution < 1.29 is 22.2 Å². The van der Waals surface area contributed by atoms with Gasteiger partial charge in [-0.15, -0.1) is 0 Å². The predicted octanol–water partition coefficient (Wildman–Crippen LogP) is 3.45. The van der Waals surface area contributed by atoms with E-state index >= 15 is 0 Å². The molecule has 1 aliphatic rings. The number of aryl methyl sites for hydroxylation is 1. The number of aromatic nitrogens is 2. The Morgan fingerprint density at radius 1 is 0.941 bits per heavy atom. The maximum absolute atomic E-state index is 13.3. The zero-order valence-corrected chi connectivity index (χ0v) is 19.2. The van der Waals surface area contributed by atoms with Gasteiger partial charge in [0.2, 0.25) is 15.8 Å². The Morgan fingerprint density at radius 3 is 2.41 bits per heavy atom. The number of rotatable bonds is 5. The van der Waals surface area contributed by atoms with Crippen molar-refractivity contribution in [1.82, 2.24) is 19.3 Å². The van der Waals surface area contributed by atoms with E-state index in [1.807, 2.05) is 31.2 Å². The van der Waals surface area contributed by atoms with Crippen LogP contribution >= 0.6 is 0 Å². The molecule has 4 aromatic rings. The first kappa shape index (κ1) is 22.1. The lowest BCUT2D eigenvalue weighted by molar-refractivity contribution is 0.0666. The zero-order chi connectivity index (χ0) is 23.7. The van der Waals surface area contributed by atoms with Crippen molar-refractivity contribution in [3.8, 4) is 22.8 Å². The monoisotopic (exact) mass is 478 g/mol. The standard InChI is InChI=1S/C24H22N4O5S/c1-17-7-9-18(10-8-17)22-25-23(33-26-22)19-4-2-5-20(16-19)34(30,31)28-13-11-27(12-14-28)24(29)21-6-3-15-32-21/h2-10,15-16H,11-14H2,1H3. The molecule has 0 bridgehead atoms. The molecule has 174 valence electrons. The van der Waals surface area contributed by atoms with Crippen LogP contribution in [-0.4, -0.2) is 59.8 Å². The van der Waals surface area contributed by atoms with E-state index in [0.29, 0.717) is 11.4 Å². The highest BCUT2D eigenvalue weighted by Crippen LogP contribution is 2.26. The summed E-state index contributed by atoms with van der Waals surface area (Å²) in [5.74, 6) is 0.667. The molecule has 5 rings (SSSR count). The van der Waals surface area contributed by atoms with E-state index in [-0.39, 0.29) is 48.6 Å². The van der Waals surface area contributed by atoms with E-state index in [2.05, 4.69) is 10.1 Å². The summed E-state index contributed by atoms with van der Waals surface area (Å²) in [4.78, 5) is 18.6. The number of sulfonamides is 1. The van der Waals surface area contributed by atoms with Gasteiger partial charge in [-0.25, -0.2) is 8.42 Å². The minimum Gasteiger partial charge on any atom is -0.459 e. The fraction of sp³-hybridized carbons (Fsp3) is 0.208. The Kier molecular flexibility index (Phi) is 5.76. The summed E-state index contributed by atoms with van der Waals surface area (Å²) in [7, 11) is -3.76. The van der Waals surface area contributed by atoms with E-state index in [1.54, 1.807) is 29.2 Å². The normalized spacial score (nSPS) is 14.9. The first-order valence-electron chi connectivity index (χ1n) is 10.8. The van der Waals surface area contributed by atoms with Crippen molar-refractivity contribution in [2.24, 2.45) is 0 Å². The van der Waals surface area contributed by atoms with Gasteiger partial charge in [-0.1, -0.05) is 41.1 Å². The first-order chi connectivity index (χ1) is 16.4. The molecule has 1 aliphatic heterocycles. The van der Waals surface area contributed by atoms with E-state index < -0.39 is 10.0 Å². The number of carbonyl (C=O) groups excluding carboxylic acids is 1. The highest BCUT2D eigenvalue weighted by molar-refractivity contribution is 7.89. The smallest absolute Gasteiger partial charge is 0.289 e. The van der Waals surface area contributed by atoms with E-state index in [9.17, 15) is 13.2 Å². The molecule has 2 aromatic carbocycles. The summed E-state index contributed by atoms with van der Waals surface area (Å²) in [5, 5.41) is 4.03. The molecule has 0 spiro atoms. The van der Waals surface area contributed by atoms with Gasteiger partial charge in [0.1, 0.15) is 0 Å². The topological polar surface area (TPSA) is 110 Å². The molecular formula is C24H22N4O5S. The molecule has 2 aromatic heterocycles. The van der Waals surface area contributed by atoms with Crippen LogP contribution in [0.1, 0.15) is 16.1 Å². The lowest BCUT2D eigenvalue weighted by Gasteiger charge is -2.33. The largest absolute Gasteiger partial charge is 0.459 e. The van der Waals surface area contributed by atoms with Crippen LogP contribution in [0.3, 0.4) is 0 Å². The van der Waals surface area contributed by atoms with Crippen molar-refractivity contribution in [1.29, 1.82) is 0 Å². The number of nitrogens with zero attached hydrogens (tertiary/aromatic N) is 4. The Bertz CT molecular complexity index is 1400. The molecule has 1 saturated heterocycles. The number of hydrogen-bond acceptors (Lipinski definition) is 7. The Hall–Kier alpha value is -3.76. The van der Waals surface area contributed by atoms with Crippen LogP contribution in [0.25, 0.3) is 22.8 Å². The fourth-order valence-electron chi connectivity index (χ4n) is 3.79. The van der Waals surface area contributed by atoms with Crippen LogP contribution in [0.15, 0.2) is 80.8 Å². The summed E-state index contributed by atoms with van der Waals surface area (Å²) in [6.45, 7) is 2.94. The van der Waals surface area contributed by atoms with Crippen molar-refractivity contribution in [2.45, 2.75) is 11.8 Å². The molecular weight excluding hydrogens is 456 g/mol. The molecule has 1 amide bonds. The molecule has 34 heavy (non-hydrogen) atoms. The van der Waals surface area contributed by atoms with Gasteiger partial charge in [0.15, 0.2) is 5.76 Å². The second-order valence-corrected chi connectivity index (χ2v) is 9.93. The summed E-state index contributed by atoms with van der Waals surface area (Å²) in [6.07, 6.45) is 1.44. The van der Waals surface area contributed by atoms with Gasteiger partial charge in [-0.05, 0) is 37.3 Å². The SMILES string of the molecule is Cc1ccc(-c2noc(-c3cccc(S(=O)(=O)N4CCN(C(=O)c5ccco5)CC4)c3)n2)cc1. The average molecular weight is 479 g/mol. The van der Waals surface area contributed by atoms with Crippen molar-refractivity contribution in [2.75, 3.05) is 26.2 Å². The second-order valence-electron chi connectivity index (χ2n) is 7.99. The van der Waals surface area contributed by atoms with Crippen molar-refractivity contribution >= 4 is 15.9 Å². The average Bonchev–Trinajstić information content (AvgIpc) is 3.57. The van der Waals surface area contributed by atoms with E-state index in [4.69, 9.17) is 8.94 Å². The predicted molar refractivity (Wildman–Crippen MR) is 123 cm³/mol. The zero-order valence-electron chi connectivity index (χ0n) is 18.4. The van der Waals surface area contributed by atoms with Crippen LogP contribution in [0.4, 0.5) is 0 Å². The second kappa shape index (κ2) is 8.88. The van der Waals surface area contributed by atoms with Gasteiger partial charge in [0.05, 0.1) is 11.2 Å². The molecule has 0 N–H and O–H groups in total. The van der Waals surface area contributed by atoms with Crippen molar-refractivity contribution in [3.63, 3.8) is 0 Å². The number of benzene rings is 2. The molecule has 0 saturated carbocycles. The van der Waals surface area contributed by atoms with Gasteiger partial charge in [0.25, 0.3) is 11.8 Å². The number of hydrogen-bond donors (Lipinski definition) is 0. The molecule has 3 heterocycles. The highest BCUT2D eigenvalue weighted by atomic mass is 32.2. The van der Waals surface area contributed by atoms with Crippen LogP contribution in [0.2, 0.25) is 0 Å². The molecule has 1 fully saturated rings. The third-order valence-corrected chi connectivity index (χ3v) is 7.61. The maximum Gasteiger partial charge on any atom is 0.289 e. The third kappa shape index (κ3) is 4.25. The fourth-order valence-corrected chi connectivity index (χ4v) is 5.26. The van der Waals surface area contributed by atoms with E-state index in [1.165, 1.54) is 22.7 Å². The Morgan fingerprint density at radius 2 is 1.71 bits per heavy atom. The van der Waals surface area contributed by atoms with Gasteiger partial charge in [-0.3, -0.25) is 4.79 Å². The van der Waals surface area contributed by atoms with Gasteiger partial charge in [-0.2, -0.15) is 9.29 Å². The molecule has 0 atom stereocenters. The lowest BCUT2D eigenvalue weighted by Crippen LogP contribution is -2.50. The van der Waals surface area contributed by atoms with Gasteiger partial charge < -0.3 is 13.8 Å². The maximum atomic E-state index is 13.3. The first-order valence-corrected chi connectivity index (χ1v) is 12.2. The Balaban J connectivity index is 1.32. The summed E-state index contributed by atoms with van der Waals surface area (Å²) >= 11 is 0. The molecule has 0 radical (unpaired) electrons. The quantitative estimate of drug-likeness (QED) is 0.432. The highest BCUT2D eigenvalue weighted by Gasteiger charge is 2.31. The number of carbonyl (C=O) groups is 1. The summed E-state index contributed by atoms with van der Waals surface area (Å²) in [5.41, 5.74) is 2.45. The van der Waals surface area contributed by atoms with Gasteiger partial charge in [0, 0.05) is 37.3 Å².